The van der Waals surface area contributed by atoms with Gasteiger partial charge in [0.2, 0.25) is 0 Å². The molecule has 134 valence electrons. The molecule has 5 nitrogen and oxygen atoms in total. The molecule has 1 aliphatic rings. The van der Waals surface area contributed by atoms with Crippen LogP contribution < -0.4 is 10.2 Å². The van der Waals surface area contributed by atoms with E-state index in [0.717, 1.165) is 30.5 Å². The topological polar surface area (TPSA) is 50.2 Å². The molecule has 5 heteroatoms. The van der Waals surface area contributed by atoms with Crippen molar-refractivity contribution in [3.63, 3.8) is 0 Å². The molecule has 1 amide bonds. The van der Waals surface area contributed by atoms with Crippen LogP contribution in [0.3, 0.4) is 0 Å². The van der Waals surface area contributed by atoms with E-state index in [1.54, 1.807) is 10.9 Å². The number of rotatable bonds is 4. The first-order valence-electron chi connectivity index (χ1n) is 9.35. The maximum Gasteiger partial charge on any atom is 0.327 e. The van der Waals surface area contributed by atoms with Gasteiger partial charge in [-0.3, -0.25) is 4.57 Å². The molecule has 3 aromatic rings. The minimum atomic E-state index is -0.126. The predicted octanol–water partition coefficient (Wildman–Crippen LogP) is 3.83. The van der Waals surface area contributed by atoms with Gasteiger partial charge in [0.1, 0.15) is 6.33 Å². The standard InChI is InChI=1S/C21H24N4O/c26-21(22-12-11-17-7-3-1-4-8-17)25-16-23-19-10-9-18(15-20(19)25)24-13-5-2-6-14-24/h1,3-4,7-10,15-16H,2,5-6,11-14H2,(H,22,26). The second-order valence-electron chi connectivity index (χ2n) is 6.80. The highest BCUT2D eigenvalue weighted by atomic mass is 16.2. The Balaban J connectivity index is 1.47. The number of hydrogen-bond acceptors (Lipinski definition) is 3. The number of nitrogens with zero attached hydrogens (tertiary/aromatic N) is 3. The van der Waals surface area contributed by atoms with Crippen molar-refractivity contribution in [3.8, 4) is 0 Å². The molecule has 0 spiro atoms. The predicted molar refractivity (Wildman–Crippen MR) is 105 cm³/mol. The smallest absolute Gasteiger partial charge is 0.327 e. The first-order valence-corrected chi connectivity index (χ1v) is 9.35. The minimum Gasteiger partial charge on any atom is -0.371 e. The molecular formula is C21H24N4O. The molecule has 1 N–H and O–H groups in total. The van der Waals surface area contributed by atoms with Crippen LogP contribution in [0.2, 0.25) is 0 Å². The number of nitrogens with one attached hydrogen (secondary N) is 1. The fraction of sp³-hybridized carbons (Fsp3) is 0.333. The Morgan fingerprint density at radius 2 is 1.85 bits per heavy atom. The van der Waals surface area contributed by atoms with Gasteiger partial charge in [0.05, 0.1) is 11.0 Å². The third kappa shape index (κ3) is 3.57. The van der Waals surface area contributed by atoms with Crippen LogP contribution >= 0.6 is 0 Å². The molecule has 1 aliphatic heterocycles. The zero-order valence-corrected chi connectivity index (χ0v) is 14.9. The van der Waals surface area contributed by atoms with E-state index in [-0.39, 0.29) is 6.03 Å². The van der Waals surface area contributed by atoms with Crippen molar-refractivity contribution < 1.29 is 4.79 Å². The lowest BCUT2D eigenvalue weighted by molar-refractivity contribution is 0.243. The molecule has 1 saturated heterocycles. The molecule has 1 aromatic heterocycles. The second-order valence-corrected chi connectivity index (χ2v) is 6.80. The zero-order chi connectivity index (χ0) is 17.8. The number of benzene rings is 2. The highest BCUT2D eigenvalue weighted by molar-refractivity contribution is 5.90. The summed E-state index contributed by atoms with van der Waals surface area (Å²) in [5, 5.41) is 3.00. The Hall–Kier alpha value is -2.82. The quantitative estimate of drug-likeness (QED) is 0.780. The van der Waals surface area contributed by atoms with Crippen LogP contribution in [-0.2, 0) is 6.42 Å². The van der Waals surface area contributed by atoms with E-state index in [1.165, 1.54) is 30.5 Å². The highest BCUT2D eigenvalue weighted by Crippen LogP contribution is 2.24. The van der Waals surface area contributed by atoms with Gasteiger partial charge in [0, 0.05) is 25.3 Å². The van der Waals surface area contributed by atoms with Crippen molar-refractivity contribution >= 4 is 22.8 Å². The number of imidazole rings is 1. The molecule has 4 rings (SSSR count). The summed E-state index contributed by atoms with van der Waals surface area (Å²) < 4.78 is 1.62. The molecule has 0 aliphatic carbocycles. The Labute approximate surface area is 153 Å². The van der Waals surface area contributed by atoms with Crippen molar-refractivity contribution in [2.75, 3.05) is 24.5 Å². The number of fused-ring (bicyclic) bond motifs is 1. The number of hydrogen-bond donors (Lipinski definition) is 1. The molecule has 1 fully saturated rings. The molecule has 0 atom stereocenters. The van der Waals surface area contributed by atoms with Crippen LogP contribution in [0.25, 0.3) is 11.0 Å². The van der Waals surface area contributed by atoms with Crippen LogP contribution in [0.5, 0.6) is 0 Å². The monoisotopic (exact) mass is 348 g/mol. The van der Waals surface area contributed by atoms with E-state index >= 15 is 0 Å². The summed E-state index contributed by atoms with van der Waals surface area (Å²) in [6.07, 6.45) is 6.20. The fourth-order valence-corrected chi connectivity index (χ4v) is 3.55. The van der Waals surface area contributed by atoms with Gasteiger partial charge in [-0.05, 0) is 49.4 Å². The van der Waals surface area contributed by atoms with Crippen LogP contribution in [0.4, 0.5) is 10.5 Å². The number of carbonyl (C=O) groups is 1. The van der Waals surface area contributed by atoms with Crippen molar-refractivity contribution in [2.24, 2.45) is 0 Å². The average molecular weight is 348 g/mol. The van der Waals surface area contributed by atoms with Gasteiger partial charge in [0.25, 0.3) is 0 Å². The maximum atomic E-state index is 12.6. The molecule has 2 heterocycles. The third-order valence-corrected chi connectivity index (χ3v) is 5.00. The van der Waals surface area contributed by atoms with Crippen LogP contribution in [0, 0.1) is 0 Å². The number of amides is 1. The Morgan fingerprint density at radius 1 is 1.04 bits per heavy atom. The van der Waals surface area contributed by atoms with Gasteiger partial charge >= 0.3 is 6.03 Å². The molecule has 26 heavy (non-hydrogen) atoms. The highest BCUT2D eigenvalue weighted by Gasteiger charge is 2.14. The molecule has 0 unspecified atom stereocenters. The van der Waals surface area contributed by atoms with E-state index < -0.39 is 0 Å². The van der Waals surface area contributed by atoms with Crippen molar-refractivity contribution in [2.45, 2.75) is 25.7 Å². The molecule has 0 radical (unpaired) electrons. The lowest BCUT2D eigenvalue weighted by atomic mass is 10.1. The largest absolute Gasteiger partial charge is 0.371 e. The van der Waals surface area contributed by atoms with Crippen LogP contribution in [-0.4, -0.2) is 35.2 Å². The number of piperidine rings is 1. The van der Waals surface area contributed by atoms with Crippen LogP contribution in [0.15, 0.2) is 54.9 Å². The first kappa shape index (κ1) is 16.6. The summed E-state index contributed by atoms with van der Waals surface area (Å²) >= 11 is 0. The maximum absolute atomic E-state index is 12.6. The average Bonchev–Trinajstić information content (AvgIpc) is 3.13. The number of anilines is 1. The molecule has 0 bridgehead atoms. The fourth-order valence-electron chi connectivity index (χ4n) is 3.55. The van der Waals surface area contributed by atoms with E-state index in [2.05, 4.69) is 39.5 Å². The number of carbonyl (C=O) groups excluding carboxylic acids is 1. The van der Waals surface area contributed by atoms with E-state index in [1.807, 2.05) is 24.3 Å². The van der Waals surface area contributed by atoms with Gasteiger partial charge in [-0.25, -0.2) is 9.78 Å². The normalized spacial score (nSPS) is 14.5. The third-order valence-electron chi connectivity index (χ3n) is 5.00. The Kier molecular flexibility index (Phi) is 4.86. The SMILES string of the molecule is O=C(NCCc1ccccc1)n1cnc2ccc(N3CCCCC3)cc21. The summed E-state index contributed by atoms with van der Waals surface area (Å²) in [5.74, 6) is 0. The van der Waals surface area contributed by atoms with Gasteiger partial charge in [-0.1, -0.05) is 30.3 Å². The van der Waals surface area contributed by atoms with Gasteiger partial charge in [-0.15, -0.1) is 0 Å². The summed E-state index contributed by atoms with van der Waals surface area (Å²) in [4.78, 5) is 19.4. The molecule has 2 aromatic carbocycles. The summed E-state index contributed by atoms with van der Waals surface area (Å²) in [7, 11) is 0. The zero-order valence-electron chi connectivity index (χ0n) is 14.9. The van der Waals surface area contributed by atoms with Crippen molar-refractivity contribution in [1.82, 2.24) is 14.9 Å². The Morgan fingerprint density at radius 3 is 2.65 bits per heavy atom. The molecular weight excluding hydrogens is 324 g/mol. The second kappa shape index (κ2) is 7.60. The van der Waals surface area contributed by atoms with Gasteiger partial charge in [-0.2, -0.15) is 0 Å². The van der Waals surface area contributed by atoms with Crippen molar-refractivity contribution in [1.29, 1.82) is 0 Å². The van der Waals surface area contributed by atoms with Crippen LogP contribution in [0.1, 0.15) is 24.8 Å². The lowest BCUT2D eigenvalue weighted by Gasteiger charge is -2.28. The van der Waals surface area contributed by atoms with Crippen molar-refractivity contribution in [3.05, 3.63) is 60.4 Å². The van der Waals surface area contributed by atoms with E-state index in [4.69, 9.17) is 0 Å². The molecule has 0 saturated carbocycles. The lowest BCUT2D eigenvalue weighted by Crippen LogP contribution is -2.30. The summed E-state index contributed by atoms with van der Waals surface area (Å²) in [6.45, 7) is 2.78. The van der Waals surface area contributed by atoms with Gasteiger partial charge in [0.15, 0.2) is 0 Å². The minimum absolute atomic E-state index is 0.126. The van der Waals surface area contributed by atoms with E-state index in [9.17, 15) is 4.79 Å². The Bertz CT molecular complexity index is 881. The van der Waals surface area contributed by atoms with Gasteiger partial charge < -0.3 is 10.2 Å². The van der Waals surface area contributed by atoms with E-state index in [0.29, 0.717) is 6.54 Å². The number of aromatic nitrogens is 2. The summed E-state index contributed by atoms with van der Waals surface area (Å²) in [6, 6.07) is 16.3. The summed E-state index contributed by atoms with van der Waals surface area (Å²) in [5.41, 5.74) is 4.11. The first-order chi connectivity index (χ1) is 12.8.